The zero-order chi connectivity index (χ0) is 13.9. The normalized spacial score (nSPS) is 29.6. The fourth-order valence-corrected chi connectivity index (χ4v) is 3.64. The van der Waals surface area contributed by atoms with E-state index in [9.17, 15) is 5.11 Å². The molecule has 4 nitrogen and oxygen atoms in total. The molecule has 2 fully saturated rings. The minimum absolute atomic E-state index is 0.0806. The summed E-state index contributed by atoms with van der Waals surface area (Å²) in [6, 6.07) is 5.43. The van der Waals surface area contributed by atoms with Crippen molar-refractivity contribution in [3.63, 3.8) is 0 Å². The van der Waals surface area contributed by atoms with Crippen molar-refractivity contribution in [1.29, 1.82) is 0 Å². The Kier molecular flexibility index (Phi) is 4.22. The first kappa shape index (κ1) is 13.8. The Labute approximate surface area is 121 Å². The average Bonchev–Trinajstić information content (AvgIpc) is 2.69. The molecule has 1 aromatic heterocycles. The van der Waals surface area contributed by atoms with Crippen molar-refractivity contribution in [2.45, 2.75) is 63.8 Å². The molecule has 0 radical (unpaired) electrons. The van der Waals surface area contributed by atoms with Crippen LogP contribution in [0.25, 0.3) is 0 Å². The SMILES string of the molecule is CCCNc1cc(CN2C3CCC2CC(O)C3)ccn1. The number of piperidine rings is 1. The lowest BCUT2D eigenvalue weighted by molar-refractivity contribution is 0.0310. The van der Waals surface area contributed by atoms with Crippen LogP contribution < -0.4 is 5.32 Å². The number of aliphatic hydroxyl groups excluding tert-OH is 1. The van der Waals surface area contributed by atoms with Crippen molar-refractivity contribution < 1.29 is 5.11 Å². The molecule has 2 unspecified atom stereocenters. The van der Waals surface area contributed by atoms with Crippen molar-refractivity contribution >= 4 is 5.82 Å². The lowest BCUT2D eigenvalue weighted by Gasteiger charge is -2.37. The van der Waals surface area contributed by atoms with Gasteiger partial charge in [0.2, 0.25) is 0 Å². The Morgan fingerprint density at radius 3 is 2.80 bits per heavy atom. The maximum absolute atomic E-state index is 9.87. The average molecular weight is 275 g/mol. The van der Waals surface area contributed by atoms with Gasteiger partial charge in [0.15, 0.2) is 0 Å². The second-order valence-corrected chi connectivity index (χ2v) is 6.16. The third-order valence-corrected chi connectivity index (χ3v) is 4.61. The summed E-state index contributed by atoms with van der Waals surface area (Å²) >= 11 is 0. The van der Waals surface area contributed by atoms with Gasteiger partial charge in [-0.2, -0.15) is 0 Å². The first-order valence-electron chi connectivity index (χ1n) is 7.89. The molecular weight excluding hydrogens is 250 g/mol. The molecule has 1 aromatic rings. The zero-order valence-electron chi connectivity index (χ0n) is 12.3. The van der Waals surface area contributed by atoms with Crippen LogP contribution >= 0.6 is 0 Å². The Morgan fingerprint density at radius 1 is 1.35 bits per heavy atom. The van der Waals surface area contributed by atoms with E-state index in [1.54, 1.807) is 0 Å². The number of anilines is 1. The highest BCUT2D eigenvalue weighted by molar-refractivity contribution is 5.37. The van der Waals surface area contributed by atoms with Gasteiger partial charge in [0.05, 0.1) is 6.10 Å². The summed E-state index contributed by atoms with van der Waals surface area (Å²) in [5, 5.41) is 13.2. The fourth-order valence-electron chi connectivity index (χ4n) is 3.64. The van der Waals surface area contributed by atoms with E-state index in [-0.39, 0.29) is 6.10 Å². The molecule has 0 aromatic carbocycles. The Balaban J connectivity index is 1.66. The molecular formula is C16H25N3O. The molecule has 2 N–H and O–H groups in total. The summed E-state index contributed by atoms with van der Waals surface area (Å²) in [4.78, 5) is 6.96. The topological polar surface area (TPSA) is 48.4 Å². The zero-order valence-corrected chi connectivity index (χ0v) is 12.3. The Bertz CT molecular complexity index is 437. The molecule has 4 heteroatoms. The predicted molar refractivity (Wildman–Crippen MR) is 80.6 cm³/mol. The van der Waals surface area contributed by atoms with Crippen molar-refractivity contribution in [1.82, 2.24) is 9.88 Å². The van der Waals surface area contributed by atoms with Crippen LogP contribution in [-0.4, -0.2) is 39.7 Å². The standard InChI is InChI=1S/C16H25N3O/c1-2-6-17-16-8-12(5-7-18-16)11-19-13-3-4-14(19)10-15(20)9-13/h5,7-8,13-15,20H,2-4,6,9-11H2,1H3,(H,17,18). The molecule has 3 rings (SSSR count). The summed E-state index contributed by atoms with van der Waals surface area (Å²) in [7, 11) is 0. The summed E-state index contributed by atoms with van der Waals surface area (Å²) < 4.78 is 0. The minimum atomic E-state index is -0.0806. The van der Waals surface area contributed by atoms with Crippen LogP contribution in [0.15, 0.2) is 18.3 Å². The third-order valence-electron chi connectivity index (χ3n) is 4.61. The molecule has 2 bridgehead atoms. The second kappa shape index (κ2) is 6.10. The lowest BCUT2D eigenvalue weighted by Crippen LogP contribution is -2.44. The molecule has 2 saturated heterocycles. The number of aliphatic hydroxyl groups is 1. The number of fused-ring (bicyclic) bond motifs is 2. The van der Waals surface area contributed by atoms with Gasteiger partial charge in [-0.15, -0.1) is 0 Å². The minimum Gasteiger partial charge on any atom is -0.393 e. The van der Waals surface area contributed by atoms with Gasteiger partial charge >= 0.3 is 0 Å². The number of hydrogen-bond acceptors (Lipinski definition) is 4. The Morgan fingerprint density at radius 2 is 2.10 bits per heavy atom. The molecule has 0 aliphatic carbocycles. The van der Waals surface area contributed by atoms with Crippen molar-refractivity contribution in [3.05, 3.63) is 23.9 Å². The maximum Gasteiger partial charge on any atom is 0.126 e. The van der Waals surface area contributed by atoms with Crippen LogP contribution in [0.3, 0.4) is 0 Å². The maximum atomic E-state index is 9.87. The highest BCUT2D eigenvalue weighted by Crippen LogP contribution is 2.36. The first-order chi connectivity index (χ1) is 9.76. The van der Waals surface area contributed by atoms with Gasteiger partial charge in [-0.05, 0) is 49.8 Å². The molecule has 2 aliphatic rings. The third kappa shape index (κ3) is 2.96. The van der Waals surface area contributed by atoms with Crippen molar-refractivity contribution in [2.75, 3.05) is 11.9 Å². The van der Waals surface area contributed by atoms with Gasteiger partial charge in [-0.25, -0.2) is 4.98 Å². The molecule has 3 heterocycles. The molecule has 110 valence electrons. The molecule has 2 atom stereocenters. The summed E-state index contributed by atoms with van der Waals surface area (Å²) in [6.45, 7) is 4.12. The first-order valence-corrected chi connectivity index (χ1v) is 7.89. The number of aromatic nitrogens is 1. The van der Waals surface area contributed by atoms with E-state index in [0.29, 0.717) is 12.1 Å². The van der Waals surface area contributed by atoms with Gasteiger partial charge in [0.1, 0.15) is 5.82 Å². The highest BCUT2D eigenvalue weighted by atomic mass is 16.3. The monoisotopic (exact) mass is 275 g/mol. The van der Waals surface area contributed by atoms with Crippen molar-refractivity contribution in [3.8, 4) is 0 Å². The molecule has 0 amide bonds. The number of rotatable bonds is 5. The van der Waals surface area contributed by atoms with Crippen molar-refractivity contribution in [2.24, 2.45) is 0 Å². The second-order valence-electron chi connectivity index (χ2n) is 6.16. The highest BCUT2D eigenvalue weighted by Gasteiger charge is 2.39. The van der Waals surface area contributed by atoms with Crippen LogP contribution in [0.5, 0.6) is 0 Å². The largest absolute Gasteiger partial charge is 0.393 e. The number of nitrogens with zero attached hydrogens (tertiary/aromatic N) is 2. The van der Waals surface area contributed by atoms with E-state index in [4.69, 9.17) is 0 Å². The molecule has 2 aliphatic heterocycles. The predicted octanol–water partition coefficient (Wildman–Crippen LogP) is 2.39. The smallest absolute Gasteiger partial charge is 0.126 e. The molecule has 0 saturated carbocycles. The quantitative estimate of drug-likeness (QED) is 0.866. The summed E-state index contributed by atoms with van der Waals surface area (Å²) in [6.07, 6.45) is 7.31. The van der Waals surface area contributed by atoms with Crippen LogP contribution in [0, 0.1) is 0 Å². The van der Waals surface area contributed by atoms with Crippen LogP contribution in [0.1, 0.15) is 44.6 Å². The van der Waals surface area contributed by atoms with Gasteiger partial charge in [-0.3, -0.25) is 4.90 Å². The molecule has 20 heavy (non-hydrogen) atoms. The van der Waals surface area contributed by atoms with E-state index < -0.39 is 0 Å². The number of hydrogen-bond donors (Lipinski definition) is 2. The van der Waals surface area contributed by atoms with Gasteiger partial charge in [0, 0.05) is 31.4 Å². The lowest BCUT2D eigenvalue weighted by atomic mass is 9.99. The van der Waals surface area contributed by atoms with Crippen LogP contribution in [0.4, 0.5) is 5.82 Å². The van der Waals surface area contributed by atoms with Crippen LogP contribution in [-0.2, 0) is 6.54 Å². The summed E-state index contributed by atoms with van der Waals surface area (Å²) in [5.74, 6) is 0.980. The van der Waals surface area contributed by atoms with E-state index in [1.807, 2.05) is 6.20 Å². The van der Waals surface area contributed by atoms with Gasteiger partial charge < -0.3 is 10.4 Å². The van der Waals surface area contributed by atoms with E-state index in [0.717, 1.165) is 38.2 Å². The Hall–Kier alpha value is -1.13. The fraction of sp³-hybridized carbons (Fsp3) is 0.688. The van der Waals surface area contributed by atoms with E-state index in [1.165, 1.54) is 18.4 Å². The summed E-state index contributed by atoms with van der Waals surface area (Å²) in [5.41, 5.74) is 1.33. The van der Waals surface area contributed by atoms with Gasteiger partial charge in [-0.1, -0.05) is 6.92 Å². The van der Waals surface area contributed by atoms with Gasteiger partial charge in [0.25, 0.3) is 0 Å². The molecule has 0 spiro atoms. The van der Waals surface area contributed by atoms with E-state index in [2.05, 4.69) is 34.3 Å². The van der Waals surface area contributed by atoms with Crippen LogP contribution in [0.2, 0.25) is 0 Å². The van der Waals surface area contributed by atoms with E-state index >= 15 is 0 Å². The number of pyridine rings is 1. The number of nitrogens with one attached hydrogen (secondary N) is 1.